The van der Waals surface area contributed by atoms with Crippen LogP contribution in [0, 0.1) is 17.3 Å². The average molecular weight is 288 g/mol. The SMILES string of the molecule is CC1(C)CCC(C(=O)O)C(CC2COc3ccccc32)C1. The Kier molecular flexibility index (Phi) is 3.68. The molecular formula is C18H24O3. The third kappa shape index (κ3) is 2.92. The number of rotatable bonds is 3. The van der Waals surface area contributed by atoms with Crippen LogP contribution in [0.3, 0.4) is 0 Å². The van der Waals surface area contributed by atoms with E-state index in [1.54, 1.807) is 0 Å². The Labute approximate surface area is 126 Å². The summed E-state index contributed by atoms with van der Waals surface area (Å²) in [5.74, 6) is 0.769. The standard InChI is InChI=1S/C18H24O3/c1-18(2)8-7-15(17(19)20)12(10-18)9-13-11-21-16-6-4-3-5-14(13)16/h3-6,12-13,15H,7-11H2,1-2H3,(H,19,20). The molecule has 114 valence electrons. The lowest BCUT2D eigenvalue weighted by molar-refractivity contribution is -0.146. The maximum absolute atomic E-state index is 11.6. The third-order valence-corrected chi connectivity index (χ3v) is 5.22. The topological polar surface area (TPSA) is 46.5 Å². The first kappa shape index (κ1) is 14.4. The fourth-order valence-electron chi connectivity index (χ4n) is 4.10. The summed E-state index contributed by atoms with van der Waals surface area (Å²) in [6.45, 7) is 5.22. The average Bonchev–Trinajstić information content (AvgIpc) is 2.81. The van der Waals surface area contributed by atoms with E-state index >= 15 is 0 Å². The molecule has 3 atom stereocenters. The summed E-state index contributed by atoms with van der Waals surface area (Å²) < 4.78 is 5.75. The Balaban J connectivity index is 1.77. The molecule has 3 heteroatoms. The number of carboxylic acid groups (broad SMARTS) is 1. The van der Waals surface area contributed by atoms with E-state index in [2.05, 4.69) is 19.9 Å². The number of para-hydroxylation sites is 1. The number of carboxylic acids is 1. The first-order valence-electron chi connectivity index (χ1n) is 7.91. The molecular weight excluding hydrogens is 264 g/mol. The number of fused-ring (bicyclic) bond motifs is 1. The van der Waals surface area contributed by atoms with Crippen LogP contribution in [0.2, 0.25) is 0 Å². The Bertz CT molecular complexity index is 535. The Hall–Kier alpha value is -1.51. The summed E-state index contributed by atoms with van der Waals surface area (Å²) in [4.78, 5) is 11.6. The van der Waals surface area contributed by atoms with Crippen LogP contribution in [0.15, 0.2) is 24.3 Å². The van der Waals surface area contributed by atoms with E-state index in [9.17, 15) is 9.90 Å². The van der Waals surface area contributed by atoms with Gasteiger partial charge in [0.1, 0.15) is 5.75 Å². The fourth-order valence-corrected chi connectivity index (χ4v) is 4.10. The van der Waals surface area contributed by atoms with Crippen molar-refractivity contribution in [2.75, 3.05) is 6.61 Å². The molecule has 0 radical (unpaired) electrons. The van der Waals surface area contributed by atoms with Gasteiger partial charge >= 0.3 is 5.97 Å². The van der Waals surface area contributed by atoms with Crippen LogP contribution in [0.5, 0.6) is 5.75 Å². The first-order chi connectivity index (χ1) is 9.96. The summed E-state index contributed by atoms with van der Waals surface area (Å²) in [5, 5.41) is 9.52. The van der Waals surface area contributed by atoms with Crippen LogP contribution in [0.4, 0.5) is 0 Å². The molecule has 1 saturated carbocycles. The molecule has 0 bridgehead atoms. The van der Waals surface area contributed by atoms with Gasteiger partial charge in [-0.15, -0.1) is 0 Å². The van der Waals surface area contributed by atoms with E-state index in [0.29, 0.717) is 12.5 Å². The van der Waals surface area contributed by atoms with Crippen molar-refractivity contribution in [3.63, 3.8) is 0 Å². The van der Waals surface area contributed by atoms with Crippen molar-refractivity contribution in [1.29, 1.82) is 0 Å². The van der Waals surface area contributed by atoms with Crippen LogP contribution < -0.4 is 4.74 Å². The Morgan fingerprint density at radius 3 is 2.90 bits per heavy atom. The van der Waals surface area contributed by atoms with E-state index in [-0.39, 0.29) is 17.3 Å². The predicted molar refractivity (Wildman–Crippen MR) is 81.5 cm³/mol. The van der Waals surface area contributed by atoms with Gasteiger partial charge in [0.2, 0.25) is 0 Å². The summed E-state index contributed by atoms with van der Waals surface area (Å²) in [7, 11) is 0. The van der Waals surface area contributed by atoms with Crippen molar-refractivity contribution in [3.05, 3.63) is 29.8 Å². The molecule has 1 heterocycles. The minimum absolute atomic E-state index is 0.189. The van der Waals surface area contributed by atoms with Crippen LogP contribution in [-0.2, 0) is 4.79 Å². The van der Waals surface area contributed by atoms with Crippen molar-refractivity contribution in [1.82, 2.24) is 0 Å². The van der Waals surface area contributed by atoms with Gasteiger partial charge in [0, 0.05) is 11.5 Å². The Morgan fingerprint density at radius 2 is 2.14 bits per heavy atom. The highest BCUT2D eigenvalue weighted by Gasteiger charge is 2.40. The fraction of sp³-hybridized carbons (Fsp3) is 0.611. The number of benzene rings is 1. The van der Waals surface area contributed by atoms with Crippen molar-refractivity contribution in [2.45, 2.75) is 45.4 Å². The smallest absolute Gasteiger partial charge is 0.306 e. The van der Waals surface area contributed by atoms with Gasteiger partial charge in [-0.05, 0) is 43.1 Å². The molecule has 3 unspecified atom stereocenters. The molecule has 1 aromatic carbocycles. The molecule has 0 spiro atoms. The summed E-state index contributed by atoms with van der Waals surface area (Å²) >= 11 is 0. The summed E-state index contributed by atoms with van der Waals surface area (Å²) in [5.41, 5.74) is 1.51. The van der Waals surface area contributed by atoms with E-state index in [1.165, 1.54) is 5.56 Å². The number of hydrogen-bond donors (Lipinski definition) is 1. The minimum Gasteiger partial charge on any atom is -0.493 e. The second-order valence-electron chi connectivity index (χ2n) is 7.39. The van der Waals surface area contributed by atoms with Crippen molar-refractivity contribution >= 4 is 5.97 Å². The van der Waals surface area contributed by atoms with Gasteiger partial charge in [0.05, 0.1) is 12.5 Å². The predicted octanol–water partition coefficient (Wildman–Crippen LogP) is 4.08. The van der Waals surface area contributed by atoms with E-state index in [4.69, 9.17) is 4.74 Å². The zero-order valence-corrected chi connectivity index (χ0v) is 12.8. The molecule has 1 aliphatic carbocycles. The van der Waals surface area contributed by atoms with Crippen molar-refractivity contribution in [2.24, 2.45) is 17.3 Å². The number of carbonyl (C=O) groups is 1. The molecule has 0 saturated heterocycles. The van der Waals surface area contributed by atoms with Crippen molar-refractivity contribution < 1.29 is 14.6 Å². The summed E-state index contributed by atoms with van der Waals surface area (Å²) in [6.07, 6.45) is 3.75. The third-order valence-electron chi connectivity index (χ3n) is 5.22. The lowest BCUT2D eigenvalue weighted by atomic mass is 9.65. The van der Waals surface area contributed by atoms with Gasteiger partial charge in [0.25, 0.3) is 0 Å². The maximum atomic E-state index is 11.6. The largest absolute Gasteiger partial charge is 0.493 e. The van der Waals surface area contributed by atoms with Crippen molar-refractivity contribution in [3.8, 4) is 5.75 Å². The lowest BCUT2D eigenvalue weighted by Crippen LogP contribution is -2.35. The van der Waals surface area contributed by atoms with Crippen LogP contribution in [0.1, 0.15) is 51.0 Å². The van der Waals surface area contributed by atoms with Crippen LogP contribution in [-0.4, -0.2) is 17.7 Å². The minimum atomic E-state index is -0.622. The molecule has 21 heavy (non-hydrogen) atoms. The normalized spacial score (nSPS) is 30.5. The summed E-state index contributed by atoms with van der Waals surface area (Å²) in [6, 6.07) is 8.16. The lowest BCUT2D eigenvalue weighted by Gasteiger charge is -2.40. The zero-order valence-electron chi connectivity index (χ0n) is 12.8. The van der Waals surface area contributed by atoms with Gasteiger partial charge in [0.15, 0.2) is 0 Å². The molecule has 1 aromatic rings. The Morgan fingerprint density at radius 1 is 1.38 bits per heavy atom. The molecule has 3 nitrogen and oxygen atoms in total. The molecule has 1 aliphatic heterocycles. The van der Waals surface area contributed by atoms with Crippen LogP contribution in [0.25, 0.3) is 0 Å². The number of hydrogen-bond acceptors (Lipinski definition) is 2. The second kappa shape index (κ2) is 5.36. The highest BCUT2D eigenvalue weighted by atomic mass is 16.5. The second-order valence-corrected chi connectivity index (χ2v) is 7.39. The molecule has 1 N–H and O–H groups in total. The number of aliphatic carboxylic acids is 1. The maximum Gasteiger partial charge on any atom is 0.306 e. The zero-order chi connectivity index (χ0) is 15.0. The quantitative estimate of drug-likeness (QED) is 0.911. The van der Waals surface area contributed by atoms with Crippen LogP contribution >= 0.6 is 0 Å². The van der Waals surface area contributed by atoms with Gasteiger partial charge in [-0.2, -0.15) is 0 Å². The van der Waals surface area contributed by atoms with E-state index in [1.807, 2.05) is 18.2 Å². The number of ether oxygens (including phenoxy) is 1. The van der Waals surface area contributed by atoms with E-state index < -0.39 is 5.97 Å². The highest BCUT2D eigenvalue weighted by Crippen LogP contribution is 2.47. The van der Waals surface area contributed by atoms with E-state index in [0.717, 1.165) is 31.4 Å². The highest BCUT2D eigenvalue weighted by molar-refractivity contribution is 5.70. The van der Waals surface area contributed by atoms with Gasteiger partial charge in [-0.3, -0.25) is 4.79 Å². The van der Waals surface area contributed by atoms with Gasteiger partial charge in [-0.1, -0.05) is 32.0 Å². The molecule has 1 fully saturated rings. The van der Waals surface area contributed by atoms with Gasteiger partial charge in [-0.25, -0.2) is 0 Å². The first-order valence-corrected chi connectivity index (χ1v) is 7.91. The molecule has 2 aliphatic rings. The monoisotopic (exact) mass is 288 g/mol. The molecule has 3 rings (SSSR count). The molecule has 0 amide bonds. The van der Waals surface area contributed by atoms with Gasteiger partial charge < -0.3 is 9.84 Å². The molecule has 0 aromatic heterocycles.